The van der Waals surface area contributed by atoms with Gasteiger partial charge in [-0.1, -0.05) is 0 Å². The van der Waals surface area contributed by atoms with Crippen LogP contribution in [-0.4, -0.2) is 38.2 Å². The van der Waals surface area contributed by atoms with Crippen LogP contribution in [-0.2, 0) is 16.1 Å². The van der Waals surface area contributed by atoms with E-state index in [1.807, 2.05) is 6.92 Å². The maximum atomic E-state index is 12.8. The quantitative estimate of drug-likeness (QED) is 0.404. The van der Waals surface area contributed by atoms with Gasteiger partial charge in [0.2, 0.25) is 0 Å². The van der Waals surface area contributed by atoms with Crippen molar-refractivity contribution in [1.29, 1.82) is 0 Å². The number of benzene rings is 1. The first kappa shape index (κ1) is 24.8. The molecule has 0 radical (unpaired) electrons. The number of anilines is 1. The predicted octanol–water partition coefficient (Wildman–Crippen LogP) is 4.84. The summed E-state index contributed by atoms with van der Waals surface area (Å²) in [7, 11) is 1.22. The second kappa shape index (κ2) is 11.4. The fourth-order valence-corrected chi connectivity index (χ4v) is 4.12. The molecule has 1 N–H and O–H groups in total. The number of carbonyl (C=O) groups is 3. The number of thiophene rings is 1. The van der Waals surface area contributed by atoms with Crippen molar-refractivity contribution in [1.82, 2.24) is 0 Å². The largest absolute Gasteiger partial charge is 0.494 e. The molecule has 0 atom stereocenters. The van der Waals surface area contributed by atoms with Crippen LogP contribution >= 0.6 is 11.3 Å². The lowest BCUT2D eigenvalue weighted by molar-refractivity contribution is 0.0531. The normalized spacial score (nSPS) is 10.5. The van der Waals surface area contributed by atoms with Crippen molar-refractivity contribution in [3.8, 4) is 11.5 Å². The monoisotopic (exact) mass is 487 g/mol. The van der Waals surface area contributed by atoms with Crippen molar-refractivity contribution < 1.29 is 37.7 Å². The number of esters is 2. The maximum Gasteiger partial charge on any atom is 0.348 e. The van der Waals surface area contributed by atoms with Gasteiger partial charge in [0.05, 0.1) is 25.9 Å². The molecule has 0 spiro atoms. The van der Waals surface area contributed by atoms with E-state index in [4.69, 9.17) is 23.4 Å². The molecule has 9 nitrogen and oxygen atoms in total. The molecule has 0 aliphatic carbocycles. The van der Waals surface area contributed by atoms with Gasteiger partial charge in [0, 0.05) is 0 Å². The van der Waals surface area contributed by atoms with Crippen LogP contribution in [0.4, 0.5) is 5.00 Å². The highest BCUT2D eigenvalue weighted by Gasteiger charge is 2.27. The Morgan fingerprint density at radius 2 is 1.62 bits per heavy atom. The van der Waals surface area contributed by atoms with Gasteiger partial charge in [-0.25, -0.2) is 9.59 Å². The molecule has 0 saturated heterocycles. The second-order valence-electron chi connectivity index (χ2n) is 6.89. The Hall–Kier alpha value is -3.79. The molecule has 0 saturated carbocycles. The summed E-state index contributed by atoms with van der Waals surface area (Å²) in [6.45, 7) is 6.05. The molecule has 2 aromatic heterocycles. The van der Waals surface area contributed by atoms with E-state index in [1.54, 1.807) is 44.2 Å². The Morgan fingerprint density at radius 3 is 2.24 bits per heavy atom. The molecule has 0 bridgehead atoms. The Morgan fingerprint density at radius 1 is 0.941 bits per heavy atom. The Bertz CT molecular complexity index is 1160. The summed E-state index contributed by atoms with van der Waals surface area (Å²) in [5, 5.41) is 2.80. The number of amides is 1. The smallest absolute Gasteiger partial charge is 0.348 e. The summed E-state index contributed by atoms with van der Waals surface area (Å²) in [6.07, 6.45) is 0. The fraction of sp³-hybridized carbons (Fsp3) is 0.292. The average Bonchev–Trinajstić information content (AvgIpc) is 3.43. The summed E-state index contributed by atoms with van der Waals surface area (Å²) in [4.78, 5) is 37.5. The minimum Gasteiger partial charge on any atom is -0.494 e. The highest BCUT2D eigenvalue weighted by Crippen LogP contribution is 2.34. The molecule has 1 aromatic carbocycles. The molecule has 1 amide bonds. The SMILES string of the molecule is CCOC(=O)c1sc(NC(=O)c2ccc(COc3ccc(OCC)cc3)o2)c(C(=O)OC)c1C. The van der Waals surface area contributed by atoms with Crippen molar-refractivity contribution >= 4 is 34.2 Å². The average molecular weight is 488 g/mol. The molecule has 0 aliphatic rings. The highest BCUT2D eigenvalue weighted by atomic mass is 32.1. The molecule has 10 heteroatoms. The minimum atomic E-state index is -0.677. The first-order chi connectivity index (χ1) is 16.4. The van der Waals surface area contributed by atoms with Crippen molar-refractivity contribution in [2.45, 2.75) is 27.4 Å². The van der Waals surface area contributed by atoms with Gasteiger partial charge in [-0.2, -0.15) is 0 Å². The molecule has 34 heavy (non-hydrogen) atoms. The zero-order valence-corrected chi connectivity index (χ0v) is 20.1. The number of nitrogens with one attached hydrogen (secondary N) is 1. The van der Waals surface area contributed by atoms with E-state index in [0.29, 0.717) is 23.7 Å². The molecule has 2 heterocycles. The lowest BCUT2D eigenvalue weighted by Gasteiger charge is -2.06. The van der Waals surface area contributed by atoms with Gasteiger partial charge in [-0.3, -0.25) is 4.79 Å². The van der Waals surface area contributed by atoms with E-state index in [2.05, 4.69) is 5.32 Å². The molecule has 180 valence electrons. The fourth-order valence-electron chi connectivity index (χ4n) is 3.04. The van der Waals surface area contributed by atoms with Gasteiger partial charge in [-0.15, -0.1) is 11.3 Å². The third-order valence-electron chi connectivity index (χ3n) is 4.63. The van der Waals surface area contributed by atoms with Crippen LogP contribution in [0.1, 0.15) is 55.8 Å². The van der Waals surface area contributed by atoms with E-state index in [1.165, 1.54) is 13.2 Å². The summed E-state index contributed by atoms with van der Waals surface area (Å²) in [6, 6.07) is 10.3. The third-order valence-corrected chi connectivity index (χ3v) is 5.81. The van der Waals surface area contributed by atoms with E-state index < -0.39 is 17.8 Å². The van der Waals surface area contributed by atoms with Crippen LogP contribution in [0, 0.1) is 6.92 Å². The Balaban J connectivity index is 1.70. The summed E-state index contributed by atoms with van der Waals surface area (Å²) >= 11 is 0.936. The zero-order valence-electron chi connectivity index (χ0n) is 19.3. The lowest BCUT2D eigenvalue weighted by atomic mass is 10.1. The second-order valence-corrected chi connectivity index (χ2v) is 7.91. The highest BCUT2D eigenvalue weighted by molar-refractivity contribution is 7.18. The van der Waals surface area contributed by atoms with E-state index in [-0.39, 0.29) is 34.4 Å². The van der Waals surface area contributed by atoms with Crippen LogP contribution in [0.25, 0.3) is 0 Å². The minimum absolute atomic E-state index is 0.0184. The number of hydrogen-bond donors (Lipinski definition) is 1. The van der Waals surface area contributed by atoms with Gasteiger partial charge in [0.25, 0.3) is 5.91 Å². The Labute approximate surface area is 200 Å². The van der Waals surface area contributed by atoms with Crippen molar-refractivity contribution in [3.63, 3.8) is 0 Å². The number of hydrogen-bond acceptors (Lipinski definition) is 9. The Kier molecular flexibility index (Phi) is 8.31. The molecule has 0 fully saturated rings. The molecule has 3 rings (SSSR count). The van der Waals surface area contributed by atoms with Crippen LogP contribution < -0.4 is 14.8 Å². The van der Waals surface area contributed by atoms with Gasteiger partial charge in [-0.05, 0) is 62.7 Å². The summed E-state index contributed by atoms with van der Waals surface area (Å²) in [5.41, 5.74) is 0.462. The first-order valence-corrected chi connectivity index (χ1v) is 11.3. The first-order valence-electron chi connectivity index (χ1n) is 10.5. The van der Waals surface area contributed by atoms with E-state index in [0.717, 1.165) is 17.1 Å². The van der Waals surface area contributed by atoms with Crippen molar-refractivity contribution in [2.24, 2.45) is 0 Å². The topological polar surface area (TPSA) is 113 Å². The number of methoxy groups -OCH3 is 1. The third kappa shape index (κ3) is 5.76. The van der Waals surface area contributed by atoms with Gasteiger partial charge < -0.3 is 28.7 Å². The van der Waals surface area contributed by atoms with Crippen LogP contribution in [0.2, 0.25) is 0 Å². The van der Waals surface area contributed by atoms with Gasteiger partial charge in [0.1, 0.15) is 33.7 Å². The number of ether oxygens (including phenoxy) is 4. The number of furan rings is 1. The predicted molar refractivity (Wildman–Crippen MR) is 125 cm³/mol. The van der Waals surface area contributed by atoms with E-state index in [9.17, 15) is 14.4 Å². The summed E-state index contributed by atoms with van der Waals surface area (Å²) in [5.74, 6) is -0.0335. The molecule has 3 aromatic rings. The maximum absolute atomic E-state index is 12.8. The number of rotatable bonds is 10. The summed E-state index contributed by atoms with van der Waals surface area (Å²) < 4.78 is 26.5. The van der Waals surface area contributed by atoms with Gasteiger partial charge >= 0.3 is 11.9 Å². The standard InChI is InChI=1S/C24H25NO8S/c1-5-30-15-7-9-16(10-8-15)32-13-17-11-12-18(33-17)21(26)25-22-19(23(27)29-4)14(3)20(34-22)24(28)31-6-2/h7-12H,5-6,13H2,1-4H3,(H,25,26). The van der Waals surface area contributed by atoms with Crippen LogP contribution in [0.15, 0.2) is 40.8 Å². The van der Waals surface area contributed by atoms with Crippen molar-refractivity contribution in [3.05, 3.63) is 63.9 Å². The molecular weight excluding hydrogens is 462 g/mol. The van der Waals surface area contributed by atoms with Crippen LogP contribution in [0.5, 0.6) is 11.5 Å². The molecular formula is C24H25NO8S. The molecule has 0 unspecified atom stereocenters. The number of carbonyl (C=O) groups excluding carboxylic acids is 3. The zero-order chi connectivity index (χ0) is 24.7. The van der Waals surface area contributed by atoms with Crippen molar-refractivity contribution in [2.75, 3.05) is 25.6 Å². The molecule has 0 aliphatic heterocycles. The van der Waals surface area contributed by atoms with Gasteiger partial charge in [0.15, 0.2) is 5.76 Å². The van der Waals surface area contributed by atoms with Crippen LogP contribution in [0.3, 0.4) is 0 Å². The lowest BCUT2D eigenvalue weighted by Crippen LogP contribution is -2.13. The van der Waals surface area contributed by atoms with E-state index >= 15 is 0 Å².